The zero-order chi connectivity index (χ0) is 22.5. The number of hydrogen-bond donors (Lipinski definition) is 0. The lowest BCUT2D eigenvalue weighted by Gasteiger charge is -2.15. The summed E-state index contributed by atoms with van der Waals surface area (Å²) in [6.07, 6.45) is 2.48. The second kappa shape index (κ2) is 10.4. The SMILES string of the molecule is CCOc1cc(Br)c(C=Nn2c([C@H](C)CC)nc3ccc(Br)cc3c2=O)cc1OCC. The van der Waals surface area contributed by atoms with Crippen molar-refractivity contribution in [3.8, 4) is 11.5 Å². The van der Waals surface area contributed by atoms with Crippen LogP contribution in [0.4, 0.5) is 0 Å². The van der Waals surface area contributed by atoms with Crippen molar-refractivity contribution in [2.24, 2.45) is 5.10 Å². The summed E-state index contributed by atoms with van der Waals surface area (Å²) in [5.74, 6) is 1.98. The van der Waals surface area contributed by atoms with Crippen LogP contribution in [-0.4, -0.2) is 29.1 Å². The maximum atomic E-state index is 13.3. The Kier molecular flexibility index (Phi) is 7.89. The van der Waals surface area contributed by atoms with Gasteiger partial charge >= 0.3 is 0 Å². The molecule has 6 nitrogen and oxygen atoms in total. The van der Waals surface area contributed by atoms with Gasteiger partial charge in [-0.15, -0.1) is 0 Å². The third kappa shape index (κ3) is 5.18. The quantitative estimate of drug-likeness (QED) is 0.317. The van der Waals surface area contributed by atoms with Gasteiger partial charge in [-0.25, -0.2) is 4.98 Å². The predicted octanol–water partition coefficient (Wildman–Crippen LogP) is 6.11. The zero-order valence-electron chi connectivity index (χ0n) is 18.0. The van der Waals surface area contributed by atoms with Crippen LogP contribution in [0.3, 0.4) is 0 Å². The van der Waals surface area contributed by atoms with Crippen LogP contribution in [0.5, 0.6) is 11.5 Å². The molecule has 0 radical (unpaired) electrons. The van der Waals surface area contributed by atoms with Crippen molar-refractivity contribution in [3.05, 3.63) is 61.0 Å². The maximum absolute atomic E-state index is 13.3. The lowest BCUT2D eigenvalue weighted by Crippen LogP contribution is -2.23. The summed E-state index contributed by atoms with van der Waals surface area (Å²) in [7, 11) is 0. The first-order valence-corrected chi connectivity index (χ1v) is 11.8. The molecule has 0 aliphatic carbocycles. The van der Waals surface area contributed by atoms with Gasteiger partial charge in [0.15, 0.2) is 11.5 Å². The molecule has 0 fully saturated rings. The molecule has 0 saturated carbocycles. The normalized spacial score (nSPS) is 12.5. The maximum Gasteiger partial charge on any atom is 0.282 e. The summed E-state index contributed by atoms with van der Waals surface area (Å²) in [6, 6.07) is 9.20. The third-order valence-corrected chi connectivity index (χ3v) is 6.04. The molecular formula is C23H25Br2N3O3. The Morgan fingerprint density at radius 3 is 2.42 bits per heavy atom. The minimum atomic E-state index is -0.204. The van der Waals surface area contributed by atoms with E-state index in [-0.39, 0.29) is 11.5 Å². The highest BCUT2D eigenvalue weighted by Gasteiger charge is 2.16. The first-order chi connectivity index (χ1) is 14.9. The van der Waals surface area contributed by atoms with E-state index >= 15 is 0 Å². The lowest BCUT2D eigenvalue weighted by atomic mass is 10.1. The van der Waals surface area contributed by atoms with Crippen molar-refractivity contribution in [2.45, 2.75) is 40.0 Å². The molecule has 1 atom stereocenters. The number of hydrogen-bond acceptors (Lipinski definition) is 5. The molecule has 1 aromatic heterocycles. The Bertz CT molecular complexity index is 1170. The summed E-state index contributed by atoms with van der Waals surface area (Å²) >= 11 is 7.00. The average Bonchev–Trinajstić information content (AvgIpc) is 2.75. The molecule has 0 spiro atoms. The van der Waals surface area contributed by atoms with Gasteiger partial charge in [-0.05, 0) is 66.5 Å². The highest BCUT2D eigenvalue weighted by atomic mass is 79.9. The van der Waals surface area contributed by atoms with Crippen LogP contribution < -0.4 is 15.0 Å². The lowest BCUT2D eigenvalue weighted by molar-refractivity contribution is 0.287. The minimum absolute atomic E-state index is 0.0700. The van der Waals surface area contributed by atoms with E-state index in [2.05, 4.69) is 43.9 Å². The van der Waals surface area contributed by atoms with Crippen molar-refractivity contribution in [1.82, 2.24) is 9.66 Å². The molecule has 0 unspecified atom stereocenters. The number of aromatic nitrogens is 2. The van der Waals surface area contributed by atoms with Gasteiger partial charge in [0.1, 0.15) is 5.82 Å². The molecular weight excluding hydrogens is 526 g/mol. The standard InChI is InChI=1S/C23H25Br2N3O3/c1-5-14(4)22-27-19-9-8-16(24)11-17(19)23(29)28(22)26-13-15-10-20(30-6-2)21(31-7-3)12-18(15)25/h8-14H,5-7H2,1-4H3/t14-/m1/s1. The molecule has 0 aliphatic rings. The minimum Gasteiger partial charge on any atom is -0.490 e. The van der Waals surface area contributed by atoms with Gasteiger partial charge in [-0.3, -0.25) is 4.79 Å². The fourth-order valence-electron chi connectivity index (χ4n) is 3.09. The van der Waals surface area contributed by atoms with Crippen LogP contribution in [0.1, 0.15) is 51.4 Å². The summed E-state index contributed by atoms with van der Waals surface area (Å²) in [4.78, 5) is 18.0. The van der Waals surface area contributed by atoms with E-state index < -0.39 is 0 Å². The average molecular weight is 551 g/mol. The Labute approximate surface area is 198 Å². The van der Waals surface area contributed by atoms with Crippen LogP contribution in [-0.2, 0) is 0 Å². The molecule has 0 N–H and O–H groups in total. The van der Waals surface area contributed by atoms with Gasteiger partial charge in [0, 0.05) is 20.4 Å². The van der Waals surface area contributed by atoms with E-state index in [1.165, 1.54) is 4.68 Å². The van der Waals surface area contributed by atoms with Crippen LogP contribution in [0.2, 0.25) is 0 Å². The second-order valence-electron chi connectivity index (χ2n) is 6.99. The van der Waals surface area contributed by atoms with Gasteiger partial charge in [-0.1, -0.05) is 29.8 Å². The van der Waals surface area contributed by atoms with Gasteiger partial charge in [0.2, 0.25) is 0 Å². The third-order valence-electron chi connectivity index (χ3n) is 4.86. The van der Waals surface area contributed by atoms with Crippen LogP contribution in [0.25, 0.3) is 10.9 Å². The smallest absolute Gasteiger partial charge is 0.282 e. The van der Waals surface area contributed by atoms with Crippen molar-refractivity contribution in [2.75, 3.05) is 13.2 Å². The van der Waals surface area contributed by atoms with E-state index in [9.17, 15) is 4.79 Å². The first kappa shape index (κ1) is 23.5. The number of rotatable bonds is 8. The Balaban J connectivity index is 2.15. The zero-order valence-corrected chi connectivity index (χ0v) is 21.2. The van der Waals surface area contributed by atoms with E-state index in [0.717, 1.165) is 20.9 Å². The van der Waals surface area contributed by atoms with Crippen LogP contribution in [0, 0.1) is 0 Å². The largest absolute Gasteiger partial charge is 0.490 e. The first-order valence-electron chi connectivity index (χ1n) is 10.2. The molecule has 3 aromatic rings. The van der Waals surface area contributed by atoms with Crippen molar-refractivity contribution in [3.63, 3.8) is 0 Å². The van der Waals surface area contributed by atoms with E-state index in [0.29, 0.717) is 41.4 Å². The molecule has 0 aliphatic heterocycles. The molecule has 0 saturated heterocycles. The monoisotopic (exact) mass is 549 g/mol. The number of fused-ring (bicyclic) bond motifs is 1. The summed E-state index contributed by atoms with van der Waals surface area (Å²) in [6.45, 7) is 8.99. The highest BCUT2D eigenvalue weighted by molar-refractivity contribution is 9.10. The number of halogens is 2. The van der Waals surface area contributed by atoms with Gasteiger partial charge < -0.3 is 9.47 Å². The Morgan fingerprint density at radius 2 is 1.77 bits per heavy atom. The molecule has 8 heteroatoms. The molecule has 31 heavy (non-hydrogen) atoms. The molecule has 3 rings (SSSR count). The van der Waals surface area contributed by atoms with Crippen molar-refractivity contribution < 1.29 is 9.47 Å². The Hall–Kier alpha value is -2.19. The number of nitrogens with zero attached hydrogens (tertiary/aromatic N) is 3. The summed E-state index contributed by atoms with van der Waals surface area (Å²) in [5.41, 5.74) is 1.23. The predicted molar refractivity (Wildman–Crippen MR) is 132 cm³/mol. The van der Waals surface area contributed by atoms with Gasteiger partial charge in [0.25, 0.3) is 5.56 Å². The number of benzene rings is 2. The summed E-state index contributed by atoms with van der Waals surface area (Å²) in [5, 5.41) is 5.05. The van der Waals surface area contributed by atoms with Crippen LogP contribution >= 0.6 is 31.9 Å². The fraction of sp³-hybridized carbons (Fsp3) is 0.348. The van der Waals surface area contributed by atoms with Gasteiger partial charge in [-0.2, -0.15) is 9.78 Å². The molecule has 2 aromatic carbocycles. The van der Waals surface area contributed by atoms with E-state index in [1.807, 2.05) is 45.0 Å². The van der Waals surface area contributed by atoms with Crippen LogP contribution in [0.15, 0.2) is 49.2 Å². The molecule has 1 heterocycles. The van der Waals surface area contributed by atoms with Crippen molar-refractivity contribution >= 4 is 49.0 Å². The summed E-state index contributed by atoms with van der Waals surface area (Å²) < 4.78 is 14.4. The number of ether oxygens (including phenoxy) is 2. The molecule has 164 valence electrons. The molecule has 0 bridgehead atoms. The van der Waals surface area contributed by atoms with E-state index in [4.69, 9.17) is 14.5 Å². The van der Waals surface area contributed by atoms with Crippen molar-refractivity contribution in [1.29, 1.82) is 0 Å². The second-order valence-corrected chi connectivity index (χ2v) is 8.76. The molecule has 0 amide bonds. The van der Waals surface area contributed by atoms with Gasteiger partial charge in [0.05, 0.1) is 30.3 Å². The van der Waals surface area contributed by atoms with E-state index in [1.54, 1.807) is 12.3 Å². The fourth-order valence-corrected chi connectivity index (χ4v) is 3.87. The topological polar surface area (TPSA) is 65.7 Å². The highest BCUT2D eigenvalue weighted by Crippen LogP contribution is 2.33. The Morgan fingerprint density at radius 1 is 1.10 bits per heavy atom.